The second-order valence-corrected chi connectivity index (χ2v) is 3.84. The maximum Gasteiger partial charge on any atom is 0.0650 e. The van der Waals surface area contributed by atoms with Gasteiger partial charge in [-0.25, -0.2) is 4.68 Å². The van der Waals surface area contributed by atoms with Crippen molar-refractivity contribution in [2.75, 3.05) is 0 Å². The summed E-state index contributed by atoms with van der Waals surface area (Å²) >= 11 is 0. The molecule has 0 aliphatic carbocycles. The predicted molar refractivity (Wildman–Crippen MR) is 60.9 cm³/mol. The fourth-order valence-electron chi connectivity index (χ4n) is 1.69. The van der Waals surface area contributed by atoms with Gasteiger partial charge in [-0.1, -0.05) is 6.07 Å². The Balaban J connectivity index is 2.44. The molecule has 0 aliphatic heterocycles. The molecule has 0 unspecified atom stereocenters. The van der Waals surface area contributed by atoms with Gasteiger partial charge in [-0.05, 0) is 37.1 Å². The highest BCUT2D eigenvalue weighted by molar-refractivity contribution is 5.39. The molecule has 1 aromatic carbocycles. The standard InChI is InChI=1S/C12H15N3/c1-9-3-10(2)5-12(4-9)15-8-11(6-13)7-14-15/h3-5,7-8H,6,13H2,1-2H3. The third kappa shape index (κ3) is 2.07. The van der Waals surface area contributed by atoms with Gasteiger partial charge in [0.05, 0.1) is 11.9 Å². The number of aryl methyl sites for hydroxylation is 2. The third-order valence-electron chi connectivity index (χ3n) is 2.34. The SMILES string of the molecule is Cc1cc(C)cc(-n2cc(CN)cn2)c1. The summed E-state index contributed by atoms with van der Waals surface area (Å²) in [7, 11) is 0. The van der Waals surface area contributed by atoms with E-state index in [-0.39, 0.29) is 0 Å². The lowest BCUT2D eigenvalue weighted by Gasteiger charge is -2.04. The lowest BCUT2D eigenvalue weighted by Crippen LogP contribution is -1.96. The molecule has 78 valence electrons. The van der Waals surface area contributed by atoms with Crippen molar-refractivity contribution < 1.29 is 0 Å². The van der Waals surface area contributed by atoms with Crippen LogP contribution in [0.15, 0.2) is 30.6 Å². The summed E-state index contributed by atoms with van der Waals surface area (Å²) in [5.74, 6) is 0. The number of benzene rings is 1. The van der Waals surface area contributed by atoms with Crippen LogP contribution in [0.2, 0.25) is 0 Å². The highest BCUT2D eigenvalue weighted by Crippen LogP contribution is 2.13. The van der Waals surface area contributed by atoms with Crippen LogP contribution in [0, 0.1) is 13.8 Å². The molecule has 0 amide bonds. The minimum atomic E-state index is 0.533. The van der Waals surface area contributed by atoms with Crippen molar-refractivity contribution in [1.29, 1.82) is 0 Å². The van der Waals surface area contributed by atoms with Gasteiger partial charge >= 0.3 is 0 Å². The van der Waals surface area contributed by atoms with E-state index in [9.17, 15) is 0 Å². The highest BCUT2D eigenvalue weighted by atomic mass is 15.3. The highest BCUT2D eigenvalue weighted by Gasteiger charge is 2.00. The van der Waals surface area contributed by atoms with E-state index in [2.05, 4.69) is 37.1 Å². The quantitative estimate of drug-likeness (QED) is 0.807. The molecular formula is C12H15N3. The molecule has 1 aromatic heterocycles. The number of aromatic nitrogens is 2. The predicted octanol–water partition coefficient (Wildman–Crippen LogP) is 1.95. The summed E-state index contributed by atoms with van der Waals surface area (Å²) in [6.07, 6.45) is 3.77. The zero-order valence-electron chi connectivity index (χ0n) is 9.07. The van der Waals surface area contributed by atoms with Gasteiger partial charge in [-0.2, -0.15) is 5.10 Å². The van der Waals surface area contributed by atoms with Crippen molar-refractivity contribution in [3.8, 4) is 5.69 Å². The number of rotatable bonds is 2. The number of nitrogens with zero attached hydrogens (tertiary/aromatic N) is 2. The summed E-state index contributed by atoms with van der Waals surface area (Å²) in [6, 6.07) is 6.37. The van der Waals surface area contributed by atoms with Gasteiger partial charge < -0.3 is 5.73 Å². The molecule has 3 heteroatoms. The monoisotopic (exact) mass is 201 g/mol. The average Bonchev–Trinajstić information content (AvgIpc) is 2.64. The molecule has 0 atom stereocenters. The molecule has 0 saturated heterocycles. The maximum atomic E-state index is 5.55. The van der Waals surface area contributed by atoms with Crippen LogP contribution in [0.4, 0.5) is 0 Å². The number of hydrogen-bond acceptors (Lipinski definition) is 2. The Labute approximate surface area is 89.5 Å². The average molecular weight is 201 g/mol. The van der Waals surface area contributed by atoms with E-state index in [4.69, 9.17) is 5.73 Å². The Morgan fingerprint density at radius 2 is 1.87 bits per heavy atom. The van der Waals surface area contributed by atoms with Crippen molar-refractivity contribution in [3.63, 3.8) is 0 Å². The van der Waals surface area contributed by atoms with Crippen LogP contribution in [0.25, 0.3) is 5.69 Å². The summed E-state index contributed by atoms with van der Waals surface area (Å²) in [5, 5.41) is 4.28. The summed E-state index contributed by atoms with van der Waals surface area (Å²) in [5.41, 5.74) is 10.2. The fourth-order valence-corrected chi connectivity index (χ4v) is 1.69. The molecule has 3 nitrogen and oxygen atoms in total. The van der Waals surface area contributed by atoms with Crippen LogP contribution in [0.1, 0.15) is 16.7 Å². The molecule has 0 aliphatic rings. The second-order valence-electron chi connectivity index (χ2n) is 3.84. The van der Waals surface area contributed by atoms with Crippen LogP contribution < -0.4 is 5.73 Å². The van der Waals surface area contributed by atoms with Gasteiger partial charge in [0.1, 0.15) is 0 Å². The molecule has 0 fully saturated rings. The molecule has 0 radical (unpaired) electrons. The van der Waals surface area contributed by atoms with Gasteiger partial charge in [0.15, 0.2) is 0 Å². The van der Waals surface area contributed by atoms with E-state index in [1.807, 2.05) is 10.9 Å². The van der Waals surface area contributed by atoms with E-state index < -0.39 is 0 Å². The lowest BCUT2D eigenvalue weighted by atomic mass is 10.1. The van der Waals surface area contributed by atoms with Crippen LogP contribution in [-0.4, -0.2) is 9.78 Å². The second kappa shape index (κ2) is 3.87. The van der Waals surface area contributed by atoms with E-state index >= 15 is 0 Å². The van der Waals surface area contributed by atoms with Crippen molar-refractivity contribution in [1.82, 2.24) is 9.78 Å². The van der Waals surface area contributed by atoms with Crippen molar-refractivity contribution >= 4 is 0 Å². The summed E-state index contributed by atoms with van der Waals surface area (Å²) in [6.45, 7) is 4.71. The molecule has 2 aromatic rings. The maximum absolute atomic E-state index is 5.55. The minimum absolute atomic E-state index is 0.533. The first kappa shape index (κ1) is 9.93. The molecule has 2 N–H and O–H groups in total. The molecule has 0 saturated carbocycles. The van der Waals surface area contributed by atoms with E-state index in [1.165, 1.54) is 11.1 Å². The van der Waals surface area contributed by atoms with Gasteiger partial charge in [-0.3, -0.25) is 0 Å². The van der Waals surface area contributed by atoms with E-state index in [0.717, 1.165) is 11.3 Å². The molecule has 2 rings (SSSR count). The minimum Gasteiger partial charge on any atom is -0.326 e. The first-order valence-electron chi connectivity index (χ1n) is 5.01. The normalized spacial score (nSPS) is 10.6. The van der Waals surface area contributed by atoms with Gasteiger partial charge in [0.2, 0.25) is 0 Å². The van der Waals surface area contributed by atoms with Crippen molar-refractivity contribution in [3.05, 3.63) is 47.3 Å². The van der Waals surface area contributed by atoms with Gasteiger partial charge in [-0.15, -0.1) is 0 Å². The first-order valence-corrected chi connectivity index (χ1v) is 5.01. The third-order valence-corrected chi connectivity index (χ3v) is 2.34. The Hall–Kier alpha value is -1.61. The van der Waals surface area contributed by atoms with Crippen molar-refractivity contribution in [2.45, 2.75) is 20.4 Å². The zero-order chi connectivity index (χ0) is 10.8. The van der Waals surface area contributed by atoms with Crippen LogP contribution >= 0.6 is 0 Å². The van der Waals surface area contributed by atoms with Gasteiger partial charge in [0.25, 0.3) is 0 Å². The molecule has 0 spiro atoms. The van der Waals surface area contributed by atoms with E-state index in [1.54, 1.807) is 6.20 Å². The summed E-state index contributed by atoms with van der Waals surface area (Å²) < 4.78 is 1.86. The van der Waals surface area contributed by atoms with Crippen LogP contribution in [0.5, 0.6) is 0 Å². The molecule has 1 heterocycles. The lowest BCUT2D eigenvalue weighted by molar-refractivity contribution is 0.876. The molecule has 15 heavy (non-hydrogen) atoms. The molecular weight excluding hydrogens is 186 g/mol. The summed E-state index contributed by atoms with van der Waals surface area (Å²) in [4.78, 5) is 0. The Morgan fingerprint density at radius 1 is 1.20 bits per heavy atom. The Morgan fingerprint density at radius 3 is 2.40 bits per heavy atom. The smallest absolute Gasteiger partial charge is 0.0650 e. The Bertz CT molecular complexity index is 451. The van der Waals surface area contributed by atoms with Crippen LogP contribution in [0.3, 0.4) is 0 Å². The number of nitrogens with two attached hydrogens (primary N) is 1. The fraction of sp³-hybridized carbons (Fsp3) is 0.250. The van der Waals surface area contributed by atoms with Crippen molar-refractivity contribution in [2.24, 2.45) is 5.73 Å². The topological polar surface area (TPSA) is 43.8 Å². The molecule has 0 bridgehead atoms. The van der Waals surface area contributed by atoms with Gasteiger partial charge in [0, 0.05) is 18.3 Å². The largest absolute Gasteiger partial charge is 0.326 e. The van der Waals surface area contributed by atoms with Crippen LogP contribution in [-0.2, 0) is 6.54 Å². The Kier molecular flexibility index (Phi) is 2.56. The first-order chi connectivity index (χ1) is 7.19. The zero-order valence-corrected chi connectivity index (χ0v) is 9.07. The van der Waals surface area contributed by atoms with E-state index in [0.29, 0.717) is 6.54 Å². The number of hydrogen-bond donors (Lipinski definition) is 1.